The number of sulfone groups is 1. The summed E-state index contributed by atoms with van der Waals surface area (Å²) < 4.78 is 22.4. The second-order valence-corrected chi connectivity index (χ2v) is 8.77. The van der Waals surface area contributed by atoms with Crippen molar-refractivity contribution in [3.63, 3.8) is 0 Å². The van der Waals surface area contributed by atoms with Crippen LogP contribution in [0.4, 0.5) is 0 Å². The van der Waals surface area contributed by atoms with Crippen molar-refractivity contribution in [2.24, 2.45) is 5.41 Å². The van der Waals surface area contributed by atoms with Crippen molar-refractivity contribution in [3.05, 3.63) is 0 Å². The van der Waals surface area contributed by atoms with Gasteiger partial charge in [0, 0.05) is 12.8 Å². The van der Waals surface area contributed by atoms with Crippen molar-refractivity contribution in [1.29, 1.82) is 0 Å². The second-order valence-electron chi connectivity index (χ2n) is 6.45. The van der Waals surface area contributed by atoms with E-state index in [0.29, 0.717) is 32.1 Å². The highest BCUT2D eigenvalue weighted by molar-refractivity contribution is 7.93. The summed E-state index contributed by atoms with van der Waals surface area (Å²) >= 11 is 0. The van der Waals surface area contributed by atoms with Gasteiger partial charge >= 0.3 is 5.97 Å². The van der Waals surface area contributed by atoms with Gasteiger partial charge in [0.15, 0.2) is 9.84 Å². The van der Waals surface area contributed by atoms with Crippen LogP contribution in [0, 0.1) is 5.41 Å². The van der Waals surface area contributed by atoms with Crippen molar-refractivity contribution in [2.75, 3.05) is 12.8 Å². The third kappa shape index (κ3) is 2.80. The molecule has 0 bridgehead atoms. The second kappa shape index (κ2) is 5.59. The number of carbonyl (C=O) groups excluding carboxylic acids is 1. The zero-order valence-corrected chi connectivity index (χ0v) is 13.2. The third-order valence-corrected chi connectivity index (χ3v) is 7.15. The van der Waals surface area contributed by atoms with E-state index in [2.05, 4.69) is 5.32 Å². The minimum Gasteiger partial charge on any atom is -0.481 e. The van der Waals surface area contributed by atoms with Crippen LogP contribution in [-0.4, -0.2) is 42.9 Å². The Bertz CT molecular complexity index is 530. The first-order valence-electron chi connectivity index (χ1n) is 7.45. The molecule has 7 heteroatoms. The van der Waals surface area contributed by atoms with E-state index in [4.69, 9.17) is 0 Å². The zero-order valence-electron chi connectivity index (χ0n) is 12.4. The van der Waals surface area contributed by atoms with E-state index >= 15 is 0 Å². The Hall–Kier alpha value is -1.11. The molecule has 0 saturated heterocycles. The van der Waals surface area contributed by atoms with E-state index in [9.17, 15) is 23.1 Å². The van der Waals surface area contributed by atoms with E-state index in [0.717, 1.165) is 25.5 Å². The van der Waals surface area contributed by atoms with Crippen LogP contribution >= 0.6 is 0 Å². The number of nitrogens with one attached hydrogen (secondary N) is 1. The Kier molecular flexibility index (Phi) is 4.33. The van der Waals surface area contributed by atoms with Crippen LogP contribution < -0.4 is 5.32 Å². The smallest absolute Gasteiger partial charge is 0.311 e. The normalized spacial score (nSPS) is 23.9. The standard InChI is InChI=1S/C14H23NO5S/c1-21(19,20)14(8-5-9-14)11(16)15-10-13(12(17)18)6-3-2-4-7-13/h2-10H2,1H3,(H,15,16)(H,17,18). The molecule has 0 aromatic rings. The molecule has 0 atom stereocenters. The summed E-state index contributed by atoms with van der Waals surface area (Å²) in [5, 5.41) is 12.1. The number of carboxylic acids is 1. The summed E-state index contributed by atoms with van der Waals surface area (Å²) in [5.41, 5.74) is -0.934. The fourth-order valence-electron chi connectivity index (χ4n) is 3.37. The predicted octanol–water partition coefficient (Wildman–Crippen LogP) is 1.10. The van der Waals surface area contributed by atoms with E-state index in [1.807, 2.05) is 0 Å². The quantitative estimate of drug-likeness (QED) is 0.791. The van der Waals surface area contributed by atoms with Gasteiger partial charge in [0.25, 0.3) is 0 Å². The molecule has 0 aromatic carbocycles. The summed E-state index contributed by atoms with van der Waals surface area (Å²) in [4.78, 5) is 23.9. The van der Waals surface area contributed by atoms with Crippen LogP contribution in [0.15, 0.2) is 0 Å². The summed E-state index contributed by atoms with van der Waals surface area (Å²) in [7, 11) is -3.48. The Labute approximate surface area is 125 Å². The Morgan fingerprint density at radius 2 is 1.62 bits per heavy atom. The van der Waals surface area contributed by atoms with Gasteiger partial charge in [-0.25, -0.2) is 8.42 Å². The van der Waals surface area contributed by atoms with Gasteiger partial charge in [-0.2, -0.15) is 0 Å². The monoisotopic (exact) mass is 317 g/mol. The van der Waals surface area contributed by atoms with E-state index in [1.54, 1.807) is 0 Å². The van der Waals surface area contributed by atoms with Gasteiger partial charge in [-0.05, 0) is 32.1 Å². The van der Waals surface area contributed by atoms with Gasteiger partial charge in [0.05, 0.1) is 5.41 Å². The predicted molar refractivity (Wildman–Crippen MR) is 77.6 cm³/mol. The lowest BCUT2D eigenvalue weighted by Gasteiger charge is -2.40. The highest BCUT2D eigenvalue weighted by atomic mass is 32.2. The number of aliphatic carboxylic acids is 1. The molecular weight excluding hydrogens is 294 g/mol. The molecule has 2 aliphatic rings. The molecule has 120 valence electrons. The maximum Gasteiger partial charge on any atom is 0.311 e. The molecule has 21 heavy (non-hydrogen) atoms. The fraction of sp³-hybridized carbons (Fsp3) is 0.857. The number of carbonyl (C=O) groups is 2. The molecule has 6 nitrogen and oxygen atoms in total. The summed E-state index contributed by atoms with van der Waals surface area (Å²) in [5.74, 6) is -1.42. The number of rotatable bonds is 5. The lowest BCUT2D eigenvalue weighted by molar-refractivity contribution is -0.151. The minimum atomic E-state index is -3.48. The van der Waals surface area contributed by atoms with Crippen molar-refractivity contribution in [3.8, 4) is 0 Å². The number of hydrogen-bond acceptors (Lipinski definition) is 4. The molecule has 2 aliphatic carbocycles. The zero-order chi connectivity index (χ0) is 15.7. The molecule has 1 amide bonds. The van der Waals surface area contributed by atoms with Gasteiger partial charge in [0.1, 0.15) is 4.75 Å². The molecule has 0 heterocycles. The van der Waals surface area contributed by atoms with Gasteiger partial charge in [-0.1, -0.05) is 19.3 Å². The molecule has 0 unspecified atom stereocenters. The number of carboxylic acid groups (broad SMARTS) is 1. The molecule has 2 rings (SSSR count). The first-order chi connectivity index (χ1) is 9.74. The van der Waals surface area contributed by atoms with Crippen LogP contribution in [0.2, 0.25) is 0 Å². The van der Waals surface area contributed by atoms with E-state index < -0.39 is 31.9 Å². The average Bonchev–Trinajstić information content (AvgIpc) is 2.34. The Balaban J connectivity index is 2.07. The van der Waals surface area contributed by atoms with Crippen LogP contribution in [0.5, 0.6) is 0 Å². The fourth-order valence-corrected chi connectivity index (χ4v) is 4.81. The first kappa shape index (κ1) is 16.3. The SMILES string of the molecule is CS(=O)(=O)C1(C(=O)NCC2(C(=O)O)CCCCC2)CCC1. The molecule has 2 N–H and O–H groups in total. The van der Waals surface area contributed by atoms with Crippen molar-refractivity contribution < 1.29 is 23.1 Å². The minimum absolute atomic E-state index is 0.0262. The van der Waals surface area contributed by atoms with Gasteiger partial charge in [-0.15, -0.1) is 0 Å². The van der Waals surface area contributed by atoms with Crippen LogP contribution in [-0.2, 0) is 19.4 Å². The first-order valence-corrected chi connectivity index (χ1v) is 9.34. The Morgan fingerprint density at radius 3 is 2.00 bits per heavy atom. The van der Waals surface area contributed by atoms with Crippen molar-refractivity contribution >= 4 is 21.7 Å². The lowest BCUT2D eigenvalue weighted by Crippen LogP contribution is -2.58. The maximum atomic E-state index is 12.3. The average molecular weight is 317 g/mol. The van der Waals surface area contributed by atoms with Gasteiger partial charge < -0.3 is 10.4 Å². The molecule has 2 fully saturated rings. The molecular formula is C14H23NO5S. The topological polar surface area (TPSA) is 101 Å². The van der Waals surface area contributed by atoms with Gasteiger partial charge in [0.2, 0.25) is 5.91 Å². The van der Waals surface area contributed by atoms with Gasteiger partial charge in [-0.3, -0.25) is 9.59 Å². The van der Waals surface area contributed by atoms with Crippen LogP contribution in [0.1, 0.15) is 51.4 Å². The van der Waals surface area contributed by atoms with E-state index in [1.165, 1.54) is 0 Å². The van der Waals surface area contributed by atoms with Crippen LogP contribution in [0.25, 0.3) is 0 Å². The molecule has 0 aromatic heterocycles. The maximum absolute atomic E-state index is 12.3. The summed E-state index contributed by atoms with van der Waals surface area (Å²) in [6.07, 6.45) is 6.21. The summed E-state index contributed by atoms with van der Waals surface area (Å²) in [6.45, 7) is 0.0262. The summed E-state index contributed by atoms with van der Waals surface area (Å²) in [6, 6.07) is 0. The molecule has 0 spiro atoms. The van der Waals surface area contributed by atoms with Crippen molar-refractivity contribution in [1.82, 2.24) is 5.32 Å². The largest absolute Gasteiger partial charge is 0.481 e. The van der Waals surface area contributed by atoms with Crippen molar-refractivity contribution in [2.45, 2.75) is 56.1 Å². The molecule has 0 aliphatic heterocycles. The molecule has 2 saturated carbocycles. The third-order valence-electron chi connectivity index (χ3n) is 5.14. The Morgan fingerprint density at radius 1 is 1.05 bits per heavy atom. The highest BCUT2D eigenvalue weighted by Gasteiger charge is 2.53. The highest BCUT2D eigenvalue weighted by Crippen LogP contribution is 2.40. The van der Waals surface area contributed by atoms with Crippen LogP contribution in [0.3, 0.4) is 0 Å². The molecule has 0 radical (unpaired) electrons. The lowest BCUT2D eigenvalue weighted by atomic mass is 9.73. The van der Waals surface area contributed by atoms with E-state index in [-0.39, 0.29) is 6.54 Å². The number of amides is 1. The number of hydrogen-bond donors (Lipinski definition) is 2.